The van der Waals surface area contributed by atoms with Crippen LogP contribution in [0, 0.1) is 0 Å². The molecule has 0 aliphatic heterocycles. The van der Waals surface area contributed by atoms with Crippen LogP contribution in [0.5, 0.6) is 5.75 Å². The van der Waals surface area contributed by atoms with E-state index >= 15 is 0 Å². The van der Waals surface area contributed by atoms with E-state index in [1.54, 1.807) is 30.0 Å². The van der Waals surface area contributed by atoms with Crippen molar-refractivity contribution < 1.29 is 9.84 Å². The summed E-state index contributed by atoms with van der Waals surface area (Å²) in [5.74, 6) is 1.01. The monoisotopic (exact) mass is 420 g/mol. The fraction of sp³-hybridized carbons (Fsp3) is 0.368. The van der Waals surface area contributed by atoms with Crippen molar-refractivity contribution in [3.63, 3.8) is 0 Å². The molecule has 0 aliphatic carbocycles. The molecule has 0 bridgehead atoms. The molecule has 6 nitrogen and oxygen atoms in total. The zero-order chi connectivity index (χ0) is 18.9. The Kier molecular flexibility index (Phi) is 7.87. The highest BCUT2D eigenvalue weighted by Gasteiger charge is 2.13. The van der Waals surface area contributed by atoms with Gasteiger partial charge >= 0.3 is 0 Å². The van der Waals surface area contributed by atoms with E-state index < -0.39 is 0 Å². The summed E-state index contributed by atoms with van der Waals surface area (Å²) < 4.78 is 7.60. The topological polar surface area (TPSA) is 71.7 Å². The van der Waals surface area contributed by atoms with E-state index in [1.165, 1.54) is 6.42 Å². The third-order valence-corrected chi connectivity index (χ3v) is 4.00. The van der Waals surface area contributed by atoms with Crippen molar-refractivity contribution in [3.05, 3.63) is 41.0 Å². The maximum atomic E-state index is 10.1. The summed E-state index contributed by atoms with van der Waals surface area (Å²) in [5.41, 5.74) is 2.06. The second-order valence-electron chi connectivity index (χ2n) is 5.75. The van der Waals surface area contributed by atoms with Gasteiger partial charge in [0.05, 0.1) is 16.4 Å². The van der Waals surface area contributed by atoms with Crippen LogP contribution in [0.15, 0.2) is 41.0 Å². The Morgan fingerprint density at radius 1 is 1.27 bits per heavy atom. The highest BCUT2D eigenvalue weighted by molar-refractivity contribution is 9.10. The lowest BCUT2D eigenvalue weighted by atomic mass is 10.1. The molecule has 1 aromatic carbocycles. The molecule has 0 atom stereocenters. The maximum absolute atomic E-state index is 10.1. The zero-order valence-electron chi connectivity index (χ0n) is 15.4. The van der Waals surface area contributed by atoms with E-state index in [2.05, 4.69) is 45.2 Å². The summed E-state index contributed by atoms with van der Waals surface area (Å²) in [6, 6.07) is 9.04. The molecule has 0 saturated carbocycles. The summed E-state index contributed by atoms with van der Waals surface area (Å²) >= 11 is 3.46. The van der Waals surface area contributed by atoms with Gasteiger partial charge in [-0.1, -0.05) is 32.4 Å². The van der Waals surface area contributed by atoms with Gasteiger partial charge in [0.25, 0.3) is 0 Å². The lowest BCUT2D eigenvalue weighted by Gasteiger charge is -2.11. The Bertz CT molecular complexity index is 836. The molecule has 2 heterocycles. The highest BCUT2D eigenvalue weighted by atomic mass is 79.9. The number of rotatable bonds is 6. The first-order valence-corrected chi connectivity index (χ1v) is 9.47. The van der Waals surface area contributed by atoms with E-state index in [0.717, 1.165) is 23.3 Å². The van der Waals surface area contributed by atoms with Crippen molar-refractivity contribution in [2.45, 2.75) is 26.7 Å². The minimum atomic E-state index is 0.199. The average Bonchev–Trinajstić information content (AvgIpc) is 3.01. The highest BCUT2D eigenvalue weighted by Crippen LogP contribution is 2.30. The second kappa shape index (κ2) is 10.1. The summed E-state index contributed by atoms with van der Waals surface area (Å²) in [6.07, 6.45) is 3.84. The van der Waals surface area contributed by atoms with Crippen molar-refractivity contribution in [3.8, 4) is 17.0 Å². The van der Waals surface area contributed by atoms with Gasteiger partial charge < -0.3 is 15.2 Å². The molecule has 0 fully saturated rings. The van der Waals surface area contributed by atoms with Crippen LogP contribution >= 0.6 is 15.9 Å². The van der Waals surface area contributed by atoms with Crippen molar-refractivity contribution in [2.75, 3.05) is 25.6 Å². The van der Waals surface area contributed by atoms with Crippen LogP contribution in [0.1, 0.15) is 26.7 Å². The number of hydrogen-bond acceptors (Lipinski definition) is 5. The van der Waals surface area contributed by atoms with Gasteiger partial charge in [-0.05, 0) is 34.5 Å². The van der Waals surface area contributed by atoms with Crippen LogP contribution in [-0.4, -0.2) is 40.0 Å². The molecule has 2 N–H and O–H groups in total. The molecule has 3 aromatic rings. The molecule has 0 radical (unpaired) electrons. The number of hydrogen-bond donors (Lipinski definition) is 2. The van der Waals surface area contributed by atoms with Gasteiger partial charge in [-0.15, -0.1) is 0 Å². The second-order valence-corrected chi connectivity index (χ2v) is 6.61. The Morgan fingerprint density at radius 2 is 2.00 bits per heavy atom. The minimum absolute atomic E-state index is 0.199. The fourth-order valence-electron chi connectivity index (χ4n) is 2.32. The molecule has 0 aliphatic rings. The third-order valence-electron chi connectivity index (χ3n) is 3.44. The number of halogens is 1. The molecular weight excluding hydrogens is 396 g/mol. The van der Waals surface area contributed by atoms with Crippen LogP contribution in [0.4, 0.5) is 5.82 Å². The van der Waals surface area contributed by atoms with E-state index in [4.69, 9.17) is 4.74 Å². The molecule has 0 unspecified atom stereocenters. The van der Waals surface area contributed by atoms with E-state index in [0.29, 0.717) is 23.5 Å². The zero-order valence-corrected chi connectivity index (χ0v) is 17.0. The number of nitrogens with zero attached hydrogens (tertiary/aromatic N) is 3. The van der Waals surface area contributed by atoms with Gasteiger partial charge in [-0.2, -0.15) is 9.61 Å². The molecular formula is C19H25BrN4O2. The molecule has 140 valence electrons. The summed E-state index contributed by atoms with van der Waals surface area (Å²) in [6.45, 7) is 5.70. The van der Waals surface area contributed by atoms with Crippen LogP contribution < -0.4 is 5.32 Å². The molecule has 26 heavy (non-hydrogen) atoms. The smallest absolute Gasteiger partial charge is 0.172 e. The average molecular weight is 421 g/mol. The number of para-hydroxylation sites is 1. The fourth-order valence-corrected chi connectivity index (χ4v) is 2.67. The molecule has 7 heteroatoms. The summed E-state index contributed by atoms with van der Waals surface area (Å²) in [7, 11) is 1.69. The predicted octanol–water partition coefficient (Wildman–Crippen LogP) is 4.73. The molecule has 3 rings (SSSR count). The number of ether oxygens (including phenoxy) is 1. The predicted molar refractivity (Wildman–Crippen MR) is 109 cm³/mol. The van der Waals surface area contributed by atoms with Gasteiger partial charge in [0, 0.05) is 31.9 Å². The van der Waals surface area contributed by atoms with E-state index in [-0.39, 0.29) is 5.75 Å². The van der Waals surface area contributed by atoms with Crippen molar-refractivity contribution in [2.24, 2.45) is 0 Å². The SMILES string of the molecule is CCC.COCCCNc1cc(-c2ccccc2O)nc2c(Br)cnn12. The standard InChI is InChI=1S/C16H17BrN4O2.C3H8/c1-23-8-4-7-18-15-9-13(11-5-2-3-6-14(11)22)20-16-12(17)10-19-21(15)16;1-3-2/h2-3,5-6,9-10,18,22H,4,7-8H2,1H3;3H2,1-2H3. The number of anilines is 1. The number of fused-ring (bicyclic) bond motifs is 1. The van der Waals surface area contributed by atoms with Crippen LogP contribution in [0.2, 0.25) is 0 Å². The van der Waals surface area contributed by atoms with Gasteiger partial charge in [-0.25, -0.2) is 4.98 Å². The summed E-state index contributed by atoms with van der Waals surface area (Å²) in [4.78, 5) is 4.60. The van der Waals surface area contributed by atoms with Crippen LogP contribution in [-0.2, 0) is 4.74 Å². The summed E-state index contributed by atoms with van der Waals surface area (Å²) in [5, 5.41) is 17.8. The number of phenolic OH excluding ortho intramolecular Hbond substituents is 1. The Balaban J connectivity index is 0.000000758. The van der Waals surface area contributed by atoms with Crippen LogP contribution in [0.25, 0.3) is 16.9 Å². The van der Waals surface area contributed by atoms with Gasteiger partial charge in [0.15, 0.2) is 5.65 Å². The number of aromatic hydroxyl groups is 1. The van der Waals surface area contributed by atoms with Gasteiger partial charge in [-0.3, -0.25) is 0 Å². The normalized spacial score (nSPS) is 10.5. The molecule has 0 saturated heterocycles. The first-order valence-electron chi connectivity index (χ1n) is 8.67. The number of nitrogens with one attached hydrogen (secondary N) is 1. The van der Waals surface area contributed by atoms with E-state index in [1.807, 2.05) is 18.2 Å². The van der Waals surface area contributed by atoms with Crippen LogP contribution in [0.3, 0.4) is 0 Å². The Labute approximate surface area is 162 Å². The van der Waals surface area contributed by atoms with Gasteiger partial charge in [0.2, 0.25) is 0 Å². The van der Waals surface area contributed by atoms with Crippen molar-refractivity contribution in [1.82, 2.24) is 14.6 Å². The van der Waals surface area contributed by atoms with Crippen molar-refractivity contribution in [1.29, 1.82) is 0 Å². The third kappa shape index (κ3) is 4.95. The van der Waals surface area contributed by atoms with Gasteiger partial charge in [0.1, 0.15) is 11.6 Å². The first kappa shape index (κ1) is 20.2. The van der Waals surface area contributed by atoms with Crippen molar-refractivity contribution >= 4 is 27.4 Å². The quantitative estimate of drug-likeness (QED) is 0.563. The number of aromatic nitrogens is 3. The molecule has 2 aromatic heterocycles. The maximum Gasteiger partial charge on any atom is 0.172 e. The number of phenols is 1. The molecule has 0 amide bonds. The number of benzene rings is 1. The Hall–Kier alpha value is -2.12. The first-order chi connectivity index (χ1) is 12.6. The Morgan fingerprint density at radius 3 is 2.69 bits per heavy atom. The molecule has 0 spiro atoms. The lowest BCUT2D eigenvalue weighted by molar-refractivity contribution is 0.197. The van der Waals surface area contributed by atoms with E-state index in [9.17, 15) is 5.11 Å². The number of methoxy groups -OCH3 is 1. The minimum Gasteiger partial charge on any atom is -0.507 e. The lowest BCUT2D eigenvalue weighted by Crippen LogP contribution is -2.09. The largest absolute Gasteiger partial charge is 0.507 e.